The van der Waals surface area contributed by atoms with Gasteiger partial charge in [-0.05, 0) is 25.9 Å². The van der Waals surface area contributed by atoms with Crippen molar-refractivity contribution in [3.05, 3.63) is 12.7 Å². The molecule has 2 aromatic heterocycles. The van der Waals surface area contributed by atoms with Crippen LogP contribution in [0.2, 0.25) is 0 Å². The summed E-state index contributed by atoms with van der Waals surface area (Å²) in [6, 6.07) is -1.12. The highest BCUT2D eigenvalue weighted by Gasteiger charge is 2.58. The topological polar surface area (TPSA) is 278 Å². The summed E-state index contributed by atoms with van der Waals surface area (Å²) in [4.78, 5) is 33.9. The van der Waals surface area contributed by atoms with E-state index in [4.69, 9.17) is 24.8 Å². The Hall–Kier alpha value is -1.43. The molecule has 2 aliphatic rings. The predicted molar refractivity (Wildman–Crippen MR) is 140 cm³/mol. The van der Waals surface area contributed by atoms with E-state index < -0.39 is 88.9 Å². The molecular weight excluding hydrogens is 652 g/mol. The van der Waals surface area contributed by atoms with E-state index in [9.17, 15) is 39.2 Å². The number of aliphatic hydroxyl groups excluding tert-OH is 5. The van der Waals surface area contributed by atoms with Crippen molar-refractivity contribution in [1.82, 2.24) is 24.4 Å². The number of fused-ring (bicyclic) bond motifs is 1. The van der Waals surface area contributed by atoms with Crippen molar-refractivity contribution in [2.45, 2.75) is 61.1 Å². The van der Waals surface area contributed by atoms with Gasteiger partial charge in [-0.3, -0.25) is 14.0 Å². The van der Waals surface area contributed by atoms with Crippen LogP contribution < -0.4 is 5.73 Å². The molecular formula is C19H30F2N6O13P2S. The molecule has 2 fully saturated rings. The summed E-state index contributed by atoms with van der Waals surface area (Å²) in [7, 11) is -2.59. The highest BCUT2D eigenvalue weighted by Crippen LogP contribution is 2.62. The number of phosphoric acid groups is 1. The van der Waals surface area contributed by atoms with E-state index in [2.05, 4.69) is 35.6 Å². The van der Waals surface area contributed by atoms with Gasteiger partial charge in [0.05, 0.1) is 19.0 Å². The maximum atomic E-state index is 16.0. The molecule has 2 aliphatic heterocycles. The zero-order valence-electron chi connectivity index (χ0n) is 22.2. The molecule has 244 valence electrons. The first kappa shape index (κ1) is 34.4. The Balaban J connectivity index is 1.47. The van der Waals surface area contributed by atoms with Crippen LogP contribution in [0.15, 0.2) is 12.7 Å². The molecule has 24 heteroatoms. The summed E-state index contributed by atoms with van der Waals surface area (Å²) in [5.41, 5.74) is 6.11. The number of alkyl halides is 2. The van der Waals surface area contributed by atoms with E-state index in [0.29, 0.717) is 0 Å². The highest BCUT2D eigenvalue weighted by molar-refractivity contribution is 8.08. The molecule has 12 atom stereocenters. The van der Waals surface area contributed by atoms with Gasteiger partial charge < -0.3 is 55.1 Å². The lowest BCUT2D eigenvalue weighted by Gasteiger charge is -2.41. The molecule has 0 amide bonds. The van der Waals surface area contributed by atoms with Crippen LogP contribution in [0.5, 0.6) is 0 Å². The molecule has 0 aliphatic carbocycles. The van der Waals surface area contributed by atoms with Gasteiger partial charge in [0.15, 0.2) is 30.2 Å². The molecule has 2 saturated heterocycles. The zero-order chi connectivity index (χ0) is 32.1. The number of nitrogens with two attached hydrogens (primary N) is 1. The van der Waals surface area contributed by atoms with E-state index in [1.807, 2.05) is 0 Å². The van der Waals surface area contributed by atoms with Gasteiger partial charge in [-0.2, -0.15) is 0 Å². The number of ether oxygens (including phenoxy) is 2. The van der Waals surface area contributed by atoms with Crippen molar-refractivity contribution in [3.63, 3.8) is 0 Å². The molecule has 43 heavy (non-hydrogen) atoms. The number of aromatic nitrogens is 4. The minimum Gasteiger partial charge on any atom is -0.393 e. The molecule has 0 spiro atoms. The lowest BCUT2D eigenvalue weighted by molar-refractivity contribution is -0.287. The Labute approximate surface area is 246 Å². The number of imidazole rings is 1. The van der Waals surface area contributed by atoms with Crippen LogP contribution in [0.4, 0.5) is 14.6 Å². The van der Waals surface area contributed by atoms with E-state index in [0.717, 1.165) is 6.33 Å². The van der Waals surface area contributed by atoms with Crippen LogP contribution in [0, 0.1) is 0 Å². The normalized spacial score (nSPS) is 36.9. The maximum Gasteiger partial charge on any atom is 0.481 e. The predicted octanol–water partition coefficient (Wildman–Crippen LogP) is -2.60. The second-order valence-corrected chi connectivity index (χ2v) is 14.2. The minimum atomic E-state index is -5.61. The molecule has 2 aromatic rings. The van der Waals surface area contributed by atoms with Crippen LogP contribution >= 0.6 is 14.5 Å². The fraction of sp³-hybridized carbons (Fsp3) is 0.737. The summed E-state index contributed by atoms with van der Waals surface area (Å²) in [5.74, 6) is -3.08. The average molecular weight is 682 g/mol. The first-order valence-electron chi connectivity index (χ1n) is 12.2. The Bertz CT molecular complexity index is 1400. The monoisotopic (exact) mass is 682 g/mol. The molecule has 19 nitrogen and oxygen atoms in total. The van der Waals surface area contributed by atoms with Crippen LogP contribution in [-0.2, 0) is 39.2 Å². The van der Waals surface area contributed by atoms with Crippen molar-refractivity contribution >= 4 is 43.3 Å². The number of rotatable bonds is 11. The van der Waals surface area contributed by atoms with Gasteiger partial charge in [0, 0.05) is 0 Å². The third kappa shape index (κ3) is 7.04. The van der Waals surface area contributed by atoms with Gasteiger partial charge in [-0.15, -0.1) is 0 Å². The third-order valence-corrected chi connectivity index (χ3v) is 10.1. The second-order valence-electron chi connectivity index (χ2n) is 9.81. The van der Waals surface area contributed by atoms with Gasteiger partial charge in [-0.1, -0.05) is 0 Å². The van der Waals surface area contributed by atoms with Gasteiger partial charge in [0.1, 0.15) is 49.0 Å². The molecule has 0 bridgehead atoms. The van der Waals surface area contributed by atoms with E-state index in [1.165, 1.54) is 29.9 Å². The largest absolute Gasteiger partial charge is 0.481 e. The standard InChI is InChI=1S/C19H30F2N6O13P2S/c1-26(2)9-14(32)19(21,38-17(9)27-6-25-8-15(22)23-5-24-16(8)27)4-36-42(35,43)40-41(33,34)39-18-12(31)10(29)11(30)13(37-18)7(20)3-28/h5-7,9-14,17-18,28-32H,3-4H2,1-2H3,(H,33,34)(H,35,43)(H2,22,23,24)/t7-,9+,10?,11?,12?,13?,14-,17+,18?,19+,42?/m0/s1. The summed E-state index contributed by atoms with van der Waals surface area (Å²) < 4.78 is 68.0. The lowest BCUT2D eigenvalue weighted by Crippen LogP contribution is -2.60. The molecule has 0 saturated carbocycles. The van der Waals surface area contributed by atoms with Gasteiger partial charge in [-0.25, -0.2) is 32.6 Å². The van der Waals surface area contributed by atoms with Crippen LogP contribution in [0.1, 0.15) is 6.23 Å². The van der Waals surface area contributed by atoms with Crippen LogP contribution in [-0.4, -0.2) is 142 Å². The van der Waals surface area contributed by atoms with E-state index in [-0.39, 0.29) is 17.0 Å². The number of hydrogen-bond donors (Lipinski definition) is 8. The number of anilines is 1. The van der Waals surface area contributed by atoms with Crippen molar-refractivity contribution in [2.24, 2.45) is 0 Å². The van der Waals surface area contributed by atoms with Crippen LogP contribution in [0.3, 0.4) is 0 Å². The number of nitrogen functional groups attached to an aromatic ring is 1. The summed E-state index contributed by atoms with van der Waals surface area (Å²) >= 11 is 4.67. The van der Waals surface area contributed by atoms with Crippen molar-refractivity contribution in [2.75, 3.05) is 33.0 Å². The summed E-state index contributed by atoms with van der Waals surface area (Å²) in [6.07, 6.45) is -14.1. The Kier molecular flexibility index (Phi) is 10.2. The fourth-order valence-corrected chi connectivity index (χ4v) is 7.60. The van der Waals surface area contributed by atoms with Gasteiger partial charge in [0.25, 0.3) is 5.85 Å². The maximum absolute atomic E-state index is 16.0. The van der Waals surface area contributed by atoms with Crippen molar-refractivity contribution in [3.8, 4) is 0 Å². The van der Waals surface area contributed by atoms with Crippen LogP contribution in [0.25, 0.3) is 11.2 Å². The first-order chi connectivity index (χ1) is 19.9. The van der Waals surface area contributed by atoms with Crippen molar-refractivity contribution in [1.29, 1.82) is 0 Å². The lowest BCUT2D eigenvalue weighted by atomic mass is 9.96. The molecule has 4 heterocycles. The average Bonchev–Trinajstić information content (AvgIpc) is 3.46. The number of aliphatic hydroxyl groups is 5. The quantitative estimate of drug-likeness (QED) is 0.113. The zero-order valence-corrected chi connectivity index (χ0v) is 24.8. The smallest absolute Gasteiger partial charge is 0.393 e. The van der Waals surface area contributed by atoms with Gasteiger partial charge >= 0.3 is 14.5 Å². The second kappa shape index (κ2) is 12.8. The van der Waals surface area contributed by atoms with Crippen molar-refractivity contribution < 1.29 is 71.5 Å². The fourth-order valence-electron chi connectivity index (χ4n) is 4.52. The summed E-state index contributed by atoms with van der Waals surface area (Å²) in [6.45, 7) is -7.46. The molecule has 4 rings (SSSR count). The summed E-state index contributed by atoms with van der Waals surface area (Å²) in [5, 5.41) is 49.7. The highest BCUT2D eigenvalue weighted by atomic mass is 32.5. The molecule has 7 unspecified atom stereocenters. The number of likely N-dealkylation sites (N-methyl/N-ethyl adjacent to an activating group) is 1. The molecule has 0 radical (unpaired) electrons. The Morgan fingerprint density at radius 1 is 1.21 bits per heavy atom. The Morgan fingerprint density at radius 2 is 1.88 bits per heavy atom. The molecule has 9 N–H and O–H groups in total. The third-order valence-electron chi connectivity index (χ3n) is 6.64. The van der Waals surface area contributed by atoms with Gasteiger partial charge in [0.2, 0.25) is 0 Å². The Morgan fingerprint density at radius 3 is 2.51 bits per heavy atom. The molecule has 0 aromatic carbocycles. The first-order valence-corrected chi connectivity index (χ1v) is 16.3. The van der Waals surface area contributed by atoms with E-state index in [1.54, 1.807) is 0 Å². The number of nitrogens with zero attached hydrogens (tertiary/aromatic N) is 5. The number of halogens is 2. The minimum absolute atomic E-state index is 0.0255. The number of hydrogen-bond acceptors (Lipinski definition) is 17. The van der Waals surface area contributed by atoms with E-state index >= 15 is 4.39 Å². The SMILES string of the molecule is CN(C)[C@H]1[C@H](n2cnc3c(N)ncnc32)O[C@](F)(COP(O)(=S)OP(=O)(O)OC2OC([C@@H](F)CO)C(O)C(O)C2O)[C@H]1O. The number of phosphoric ester groups is 1.